The van der Waals surface area contributed by atoms with E-state index in [1.807, 2.05) is 36.4 Å². The van der Waals surface area contributed by atoms with Gasteiger partial charge in [0.2, 0.25) is 0 Å². The van der Waals surface area contributed by atoms with E-state index in [1.54, 1.807) is 19.2 Å². The Balaban J connectivity index is 1.72. The molecule has 0 aliphatic carbocycles. The van der Waals surface area contributed by atoms with Crippen LogP contribution < -0.4 is 4.74 Å². The van der Waals surface area contributed by atoms with E-state index in [0.29, 0.717) is 12.0 Å². The minimum atomic E-state index is -0.704. The molecule has 0 spiro atoms. The Kier molecular flexibility index (Phi) is 3.92. The molecular formula is C18H16O4. The summed E-state index contributed by atoms with van der Waals surface area (Å²) in [5, 5.41) is 0. The van der Waals surface area contributed by atoms with Gasteiger partial charge in [-0.05, 0) is 29.3 Å². The molecule has 0 N–H and O–H groups in total. The van der Waals surface area contributed by atoms with E-state index < -0.39 is 12.1 Å². The van der Waals surface area contributed by atoms with Crippen LogP contribution in [0.3, 0.4) is 0 Å². The molecule has 0 amide bonds. The van der Waals surface area contributed by atoms with Crippen molar-refractivity contribution in [2.75, 3.05) is 7.11 Å². The van der Waals surface area contributed by atoms with Crippen LogP contribution in [0.25, 0.3) is 0 Å². The molecule has 0 saturated heterocycles. The summed E-state index contributed by atoms with van der Waals surface area (Å²) in [5.74, 6) is 0.233. The van der Waals surface area contributed by atoms with E-state index in [9.17, 15) is 9.59 Å². The average molecular weight is 296 g/mol. The zero-order valence-electron chi connectivity index (χ0n) is 12.2. The molecule has 1 aliphatic rings. The predicted octanol–water partition coefficient (Wildman–Crippen LogP) is 2.59. The summed E-state index contributed by atoms with van der Waals surface area (Å²) >= 11 is 0. The van der Waals surface area contributed by atoms with Crippen LogP contribution in [-0.4, -0.2) is 25.0 Å². The largest absolute Gasteiger partial charge is 0.497 e. The first-order chi connectivity index (χ1) is 10.7. The lowest BCUT2D eigenvalue weighted by molar-refractivity contribution is -0.127. The van der Waals surface area contributed by atoms with Gasteiger partial charge >= 0.3 is 5.97 Å². The molecule has 2 aromatic rings. The van der Waals surface area contributed by atoms with Crippen molar-refractivity contribution in [3.8, 4) is 5.75 Å². The van der Waals surface area contributed by atoms with Crippen LogP contribution in [0.2, 0.25) is 0 Å². The Hall–Kier alpha value is -2.62. The van der Waals surface area contributed by atoms with Gasteiger partial charge in [-0.3, -0.25) is 4.79 Å². The number of cyclic esters (lactones) is 1. The van der Waals surface area contributed by atoms with Crippen LogP contribution in [0.1, 0.15) is 21.5 Å². The van der Waals surface area contributed by atoms with E-state index in [2.05, 4.69) is 0 Å². The summed E-state index contributed by atoms with van der Waals surface area (Å²) in [4.78, 5) is 24.3. The van der Waals surface area contributed by atoms with E-state index >= 15 is 0 Å². The summed E-state index contributed by atoms with van der Waals surface area (Å²) in [6, 6.07) is 14.5. The number of ether oxygens (including phenoxy) is 2. The van der Waals surface area contributed by atoms with Gasteiger partial charge in [-0.1, -0.05) is 30.3 Å². The Bertz CT molecular complexity index is 703. The fourth-order valence-corrected chi connectivity index (χ4v) is 2.57. The molecule has 0 radical (unpaired) electrons. The maximum atomic E-state index is 12.4. The Labute approximate surface area is 128 Å². The number of fused-ring (bicyclic) bond motifs is 1. The molecule has 3 rings (SSSR count). The molecule has 0 fully saturated rings. The van der Waals surface area contributed by atoms with Crippen LogP contribution in [0.4, 0.5) is 0 Å². The third-order valence-corrected chi connectivity index (χ3v) is 3.79. The minimum absolute atomic E-state index is 0.0898. The lowest BCUT2D eigenvalue weighted by atomic mass is 9.94. The standard InChI is InChI=1S/C18H16O4/c1-21-14-8-6-12(7-9-14)10-16(19)17-11-13-4-2-3-5-15(13)18(20)22-17/h2-9,17H,10-11H2,1H3. The zero-order chi connectivity index (χ0) is 15.5. The van der Waals surface area contributed by atoms with E-state index in [4.69, 9.17) is 9.47 Å². The van der Waals surface area contributed by atoms with Crippen LogP contribution in [-0.2, 0) is 22.4 Å². The molecule has 4 heteroatoms. The third-order valence-electron chi connectivity index (χ3n) is 3.79. The number of rotatable bonds is 4. The van der Waals surface area contributed by atoms with Crippen molar-refractivity contribution in [1.82, 2.24) is 0 Å². The zero-order valence-corrected chi connectivity index (χ0v) is 12.2. The molecule has 2 aromatic carbocycles. The Morgan fingerprint density at radius 1 is 1.18 bits per heavy atom. The number of carbonyl (C=O) groups excluding carboxylic acids is 2. The highest BCUT2D eigenvalue weighted by Gasteiger charge is 2.30. The highest BCUT2D eigenvalue weighted by atomic mass is 16.5. The van der Waals surface area contributed by atoms with Gasteiger partial charge in [-0.15, -0.1) is 0 Å². The van der Waals surface area contributed by atoms with Gasteiger partial charge in [0.05, 0.1) is 12.7 Å². The van der Waals surface area contributed by atoms with Crippen molar-refractivity contribution in [2.24, 2.45) is 0 Å². The molecule has 112 valence electrons. The monoisotopic (exact) mass is 296 g/mol. The molecule has 0 bridgehead atoms. The van der Waals surface area contributed by atoms with E-state index in [-0.39, 0.29) is 12.2 Å². The molecule has 1 unspecified atom stereocenters. The van der Waals surface area contributed by atoms with Crippen LogP contribution >= 0.6 is 0 Å². The summed E-state index contributed by atoms with van der Waals surface area (Å²) in [6.07, 6.45) is -0.0226. The SMILES string of the molecule is COc1ccc(CC(=O)C2Cc3ccccc3C(=O)O2)cc1. The second-order valence-corrected chi connectivity index (χ2v) is 5.25. The Morgan fingerprint density at radius 3 is 2.64 bits per heavy atom. The second-order valence-electron chi connectivity index (χ2n) is 5.25. The lowest BCUT2D eigenvalue weighted by Gasteiger charge is -2.23. The Morgan fingerprint density at radius 2 is 1.91 bits per heavy atom. The van der Waals surface area contributed by atoms with Gasteiger partial charge in [-0.2, -0.15) is 0 Å². The number of hydrogen-bond acceptors (Lipinski definition) is 4. The van der Waals surface area contributed by atoms with Gasteiger partial charge in [0.15, 0.2) is 11.9 Å². The summed E-state index contributed by atoms with van der Waals surface area (Å²) in [6.45, 7) is 0. The van der Waals surface area contributed by atoms with Gasteiger partial charge in [-0.25, -0.2) is 4.79 Å². The predicted molar refractivity (Wildman–Crippen MR) is 81.1 cm³/mol. The summed E-state index contributed by atoms with van der Waals surface area (Å²) in [5.41, 5.74) is 2.29. The number of hydrogen-bond donors (Lipinski definition) is 0. The van der Waals surface area contributed by atoms with Crippen molar-refractivity contribution < 1.29 is 19.1 Å². The number of esters is 1. The van der Waals surface area contributed by atoms with Crippen LogP contribution in [0.5, 0.6) is 5.75 Å². The second kappa shape index (κ2) is 6.02. The molecule has 22 heavy (non-hydrogen) atoms. The highest BCUT2D eigenvalue weighted by Crippen LogP contribution is 2.22. The average Bonchev–Trinajstić information content (AvgIpc) is 2.55. The molecule has 0 aromatic heterocycles. The number of Topliss-reactive ketones (excluding diaryl/α,β-unsaturated/α-hetero) is 1. The molecule has 0 saturated carbocycles. The minimum Gasteiger partial charge on any atom is -0.497 e. The first-order valence-electron chi connectivity index (χ1n) is 7.12. The highest BCUT2D eigenvalue weighted by molar-refractivity contribution is 5.96. The van der Waals surface area contributed by atoms with E-state index in [0.717, 1.165) is 16.9 Å². The quantitative estimate of drug-likeness (QED) is 0.814. The van der Waals surface area contributed by atoms with Crippen molar-refractivity contribution in [3.05, 3.63) is 65.2 Å². The van der Waals surface area contributed by atoms with Crippen LogP contribution in [0.15, 0.2) is 48.5 Å². The van der Waals surface area contributed by atoms with Gasteiger partial charge in [0, 0.05) is 12.8 Å². The number of benzene rings is 2. The van der Waals surface area contributed by atoms with Crippen molar-refractivity contribution >= 4 is 11.8 Å². The first-order valence-corrected chi connectivity index (χ1v) is 7.12. The van der Waals surface area contributed by atoms with Crippen molar-refractivity contribution in [3.63, 3.8) is 0 Å². The van der Waals surface area contributed by atoms with Gasteiger partial charge in [0.1, 0.15) is 5.75 Å². The third kappa shape index (κ3) is 2.86. The number of methoxy groups -OCH3 is 1. The van der Waals surface area contributed by atoms with E-state index in [1.165, 1.54) is 0 Å². The normalized spacial score (nSPS) is 16.6. The van der Waals surface area contributed by atoms with Gasteiger partial charge < -0.3 is 9.47 Å². The molecular weight excluding hydrogens is 280 g/mol. The molecule has 4 nitrogen and oxygen atoms in total. The fourth-order valence-electron chi connectivity index (χ4n) is 2.57. The maximum absolute atomic E-state index is 12.4. The van der Waals surface area contributed by atoms with Gasteiger partial charge in [0.25, 0.3) is 0 Å². The molecule has 1 heterocycles. The molecule has 1 atom stereocenters. The smallest absolute Gasteiger partial charge is 0.339 e. The first kappa shape index (κ1) is 14.3. The number of ketones is 1. The van der Waals surface area contributed by atoms with Crippen LogP contribution in [0, 0.1) is 0 Å². The van der Waals surface area contributed by atoms with Crippen molar-refractivity contribution in [1.29, 1.82) is 0 Å². The number of carbonyl (C=O) groups is 2. The fraction of sp³-hybridized carbons (Fsp3) is 0.222. The lowest BCUT2D eigenvalue weighted by Crippen LogP contribution is -2.35. The maximum Gasteiger partial charge on any atom is 0.339 e. The molecule has 1 aliphatic heterocycles. The summed E-state index contributed by atoms with van der Waals surface area (Å²) in [7, 11) is 1.60. The summed E-state index contributed by atoms with van der Waals surface area (Å²) < 4.78 is 10.4. The topological polar surface area (TPSA) is 52.6 Å². The van der Waals surface area contributed by atoms with Crippen molar-refractivity contribution in [2.45, 2.75) is 18.9 Å².